The number of pyridine rings is 2. The van der Waals surface area contributed by atoms with Gasteiger partial charge in [0.2, 0.25) is 0 Å². The largest absolute Gasteiger partial charge is 0.507 e. The van der Waals surface area contributed by atoms with Crippen molar-refractivity contribution >= 4 is 11.2 Å². The molecule has 5 heteroatoms. The van der Waals surface area contributed by atoms with Gasteiger partial charge in [0.1, 0.15) is 11.3 Å². The van der Waals surface area contributed by atoms with Crippen LogP contribution >= 0.6 is 0 Å². The minimum absolute atomic E-state index is 0.209. The number of fused-ring (bicyclic) bond motifs is 1. The van der Waals surface area contributed by atoms with Crippen molar-refractivity contribution in [3.63, 3.8) is 0 Å². The van der Waals surface area contributed by atoms with E-state index in [4.69, 9.17) is 15.0 Å². The number of hydrogen-bond donors (Lipinski definition) is 1. The summed E-state index contributed by atoms with van der Waals surface area (Å²) in [6, 6.07) is 74.6. The molecular formula is C67H56N4O. The SMILES string of the molecule is CC(C)(C)c1cc(-c2nc3c(-c4cc(-c5ccccc5)cc(-c5cc(-c6ccc(-c7ccccc7)cc6)ccn5)c4)ccnc3n2-c2c(-c3ccccc3)cccc2-c2ccccc2)c(O)c(C(C)(C)C)c1. The van der Waals surface area contributed by atoms with E-state index in [0.717, 1.165) is 83.7 Å². The molecule has 0 spiro atoms. The Balaban J connectivity index is 1.18. The lowest BCUT2D eigenvalue weighted by Gasteiger charge is -2.28. The molecule has 11 rings (SSSR count). The van der Waals surface area contributed by atoms with Crippen LogP contribution in [0.4, 0.5) is 0 Å². The van der Waals surface area contributed by atoms with Crippen LogP contribution in [0.2, 0.25) is 0 Å². The third-order valence-electron chi connectivity index (χ3n) is 13.7. The van der Waals surface area contributed by atoms with Crippen LogP contribution in [0.15, 0.2) is 225 Å². The minimum atomic E-state index is -0.372. The Morgan fingerprint density at radius 2 is 0.875 bits per heavy atom. The highest BCUT2D eigenvalue weighted by Crippen LogP contribution is 2.47. The maximum absolute atomic E-state index is 12.7. The van der Waals surface area contributed by atoms with E-state index in [9.17, 15) is 5.11 Å². The number of phenols is 1. The first-order chi connectivity index (χ1) is 34.9. The summed E-state index contributed by atoms with van der Waals surface area (Å²) in [7, 11) is 0. The number of nitrogens with zero attached hydrogens (tertiary/aromatic N) is 4. The van der Waals surface area contributed by atoms with E-state index in [0.29, 0.717) is 22.6 Å². The minimum Gasteiger partial charge on any atom is -0.507 e. The van der Waals surface area contributed by atoms with E-state index in [1.807, 2.05) is 30.6 Å². The fourth-order valence-corrected chi connectivity index (χ4v) is 9.88. The number of aromatic nitrogens is 4. The number of hydrogen-bond acceptors (Lipinski definition) is 4. The summed E-state index contributed by atoms with van der Waals surface area (Å²) < 4.78 is 2.20. The molecule has 0 atom stereocenters. The van der Waals surface area contributed by atoms with Crippen molar-refractivity contribution in [3.8, 4) is 101 Å². The Hall–Kier alpha value is -8.67. The molecule has 1 N–H and O–H groups in total. The average Bonchev–Trinajstić information content (AvgIpc) is 3.80. The molecule has 0 saturated heterocycles. The third-order valence-corrected chi connectivity index (χ3v) is 13.7. The standard InChI is InChI=1S/C67H56N4O/c1-66(2,3)54-42-58(63(72)59(43-54)67(4,5)6)64-70-61-55(35-37-69-65(61)71(64)62-56(48-24-15-9-16-25-48)28-19-29-57(62)49-26-17-10-18-27-49)52-38-51(45-22-13-8-14-23-45)39-53(40-52)60-41-50(34-36-68-60)47-32-30-46(31-33-47)44-20-11-7-12-21-44/h7-43,72H,1-6H3. The maximum atomic E-state index is 12.7. The lowest BCUT2D eigenvalue weighted by Crippen LogP contribution is -2.17. The zero-order valence-electron chi connectivity index (χ0n) is 41.6. The molecule has 72 heavy (non-hydrogen) atoms. The zero-order valence-corrected chi connectivity index (χ0v) is 41.6. The highest BCUT2D eigenvalue weighted by molar-refractivity contribution is 5.98. The summed E-state index contributed by atoms with van der Waals surface area (Å²) in [6.45, 7) is 13.1. The highest BCUT2D eigenvalue weighted by atomic mass is 16.3. The van der Waals surface area contributed by atoms with Gasteiger partial charge in [0.15, 0.2) is 11.5 Å². The van der Waals surface area contributed by atoms with Gasteiger partial charge < -0.3 is 5.11 Å². The highest BCUT2D eigenvalue weighted by Gasteiger charge is 2.30. The molecule has 11 aromatic rings. The molecule has 350 valence electrons. The third kappa shape index (κ3) is 8.79. The van der Waals surface area contributed by atoms with Gasteiger partial charge in [-0.1, -0.05) is 211 Å². The fraction of sp³-hybridized carbons (Fsp3) is 0.119. The summed E-state index contributed by atoms with van der Waals surface area (Å²) >= 11 is 0. The quantitative estimate of drug-likeness (QED) is 0.157. The molecular weight excluding hydrogens is 877 g/mol. The van der Waals surface area contributed by atoms with Crippen LogP contribution < -0.4 is 0 Å². The second kappa shape index (κ2) is 18.6. The van der Waals surface area contributed by atoms with Gasteiger partial charge in [0.05, 0.1) is 16.9 Å². The molecule has 0 saturated carbocycles. The van der Waals surface area contributed by atoms with E-state index in [1.165, 1.54) is 11.1 Å². The molecule has 3 heterocycles. The van der Waals surface area contributed by atoms with Gasteiger partial charge in [-0.15, -0.1) is 0 Å². The first-order valence-corrected chi connectivity index (χ1v) is 24.7. The van der Waals surface area contributed by atoms with Crippen molar-refractivity contribution in [2.45, 2.75) is 52.4 Å². The topological polar surface area (TPSA) is 63.8 Å². The summed E-state index contributed by atoms with van der Waals surface area (Å²) in [5, 5.41) is 12.7. The van der Waals surface area contributed by atoms with E-state index in [2.05, 4.69) is 240 Å². The predicted octanol–water partition coefficient (Wildman–Crippen LogP) is 17.5. The summed E-state index contributed by atoms with van der Waals surface area (Å²) in [4.78, 5) is 16.0. The first-order valence-electron chi connectivity index (χ1n) is 24.7. The lowest BCUT2D eigenvalue weighted by atomic mass is 9.79. The monoisotopic (exact) mass is 932 g/mol. The summed E-state index contributed by atoms with van der Waals surface area (Å²) in [5.41, 5.74) is 18.9. The summed E-state index contributed by atoms with van der Waals surface area (Å²) in [6.07, 6.45) is 3.80. The van der Waals surface area contributed by atoms with Crippen LogP contribution in [0.5, 0.6) is 5.75 Å². The molecule has 0 aliphatic heterocycles. The normalized spacial score (nSPS) is 11.8. The number of phenolic OH excluding ortho intramolecular Hbond substituents is 1. The molecule has 0 fully saturated rings. The van der Waals surface area contributed by atoms with Gasteiger partial charge in [0.25, 0.3) is 0 Å². The van der Waals surface area contributed by atoms with E-state index in [1.54, 1.807) is 0 Å². The molecule has 3 aromatic heterocycles. The molecule has 0 radical (unpaired) electrons. The smallest absolute Gasteiger partial charge is 0.165 e. The summed E-state index contributed by atoms with van der Waals surface area (Å²) in [5.74, 6) is 0.813. The van der Waals surface area contributed by atoms with Crippen LogP contribution in [0.3, 0.4) is 0 Å². The Kier molecular flexibility index (Phi) is 11.8. The van der Waals surface area contributed by atoms with Gasteiger partial charge in [-0.25, -0.2) is 9.97 Å². The van der Waals surface area contributed by atoms with Gasteiger partial charge in [-0.3, -0.25) is 9.55 Å². The molecule has 5 nitrogen and oxygen atoms in total. The molecule has 0 aliphatic carbocycles. The first kappa shape index (κ1) is 45.8. The van der Waals surface area contributed by atoms with Crippen LogP contribution in [0.25, 0.3) is 106 Å². The zero-order chi connectivity index (χ0) is 49.6. The maximum Gasteiger partial charge on any atom is 0.165 e. The molecule has 0 aliphatic rings. The lowest BCUT2D eigenvalue weighted by molar-refractivity contribution is 0.446. The van der Waals surface area contributed by atoms with Gasteiger partial charge >= 0.3 is 0 Å². The molecule has 0 bridgehead atoms. The Morgan fingerprint density at radius 3 is 1.44 bits per heavy atom. The van der Waals surface area contributed by atoms with Crippen LogP contribution in [-0.2, 0) is 10.8 Å². The van der Waals surface area contributed by atoms with E-state index in [-0.39, 0.29) is 16.6 Å². The fourth-order valence-electron chi connectivity index (χ4n) is 9.88. The Morgan fingerprint density at radius 1 is 0.375 bits per heavy atom. The predicted molar refractivity (Wildman–Crippen MR) is 299 cm³/mol. The molecule has 0 amide bonds. The van der Waals surface area contributed by atoms with Gasteiger partial charge in [-0.05, 0) is 109 Å². The van der Waals surface area contributed by atoms with Crippen LogP contribution in [0, 0.1) is 0 Å². The number of aromatic hydroxyl groups is 1. The molecule has 0 unspecified atom stereocenters. The number of benzene rings is 8. The van der Waals surface area contributed by atoms with Crippen LogP contribution in [-0.4, -0.2) is 24.6 Å². The van der Waals surface area contributed by atoms with E-state index >= 15 is 0 Å². The second-order valence-corrected chi connectivity index (χ2v) is 20.7. The van der Waals surface area contributed by atoms with Crippen molar-refractivity contribution in [1.29, 1.82) is 0 Å². The Labute approximate surface area is 422 Å². The Bertz CT molecular complexity index is 3680. The molecule has 8 aromatic carbocycles. The van der Waals surface area contributed by atoms with Crippen LogP contribution in [0.1, 0.15) is 52.7 Å². The number of rotatable bonds is 9. The van der Waals surface area contributed by atoms with Gasteiger partial charge in [-0.2, -0.15) is 0 Å². The average molecular weight is 933 g/mol. The number of imidazole rings is 1. The van der Waals surface area contributed by atoms with Crippen molar-refractivity contribution in [3.05, 3.63) is 236 Å². The van der Waals surface area contributed by atoms with E-state index < -0.39 is 0 Å². The van der Waals surface area contributed by atoms with Crippen molar-refractivity contribution < 1.29 is 5.11 Å². The second-order valence-electron chi connectivity index (χ2n) is 20.7. The number of para-hydroxylation sites is 1. The van der Waals surface area contributed by atoms with Gasteiger partial charge in [0, 0.05) is 40.2 Å². The van der Waals surface area contributed by atoms with Crippen molar-refractivity contribution in [2.75, 3.05) is 0 Å². The van der Waals surface area contributed by atoms with Crippen molar-refractivity contribution in [1.82, 2.24) is 19.5 Å². The van der Waals surface area contributed by atoms with Crippen molar-refractivity contribution in [2.24, 2.45) is 0 Å².